The summed E-state index contributed by atoms with van der Waals surface area (Å²) < 4.78 is 0. The van der Waals surface area contributed by atoms with Crippen molar-refractivity contribution in [1.29, 1.82) is 0 Å². The molecule has 0 saturated heterocycles. The van der Waals surface area contributed by atoms with Gasteiger partial charge in [0, 0.05) is 6.20 Å². The predicted octanol–water partition coefficient (Wildman–Crippen LogP) is 1.75. The van der Waals surface area contributed by atoms with Gasteiger partial charge in [0.15, 0.2) is 0 Å². The maximum Gasteiger partial charge on any atom is 0.241 e. The van der Waals surface area contributed by atoms with Crippen molar-refractivity contribution < 1.29 is 4.79 Å². The number of hydrogen-bond acceptors (Lipinski definition) is 4. The third-order valence-corrected chi connectivity index (χ3v) is 2.97. The van der Waals surface area contributed by atoms with E-state index in [0.717, 1.165) is 5.75 Å². The Kier molecular flexibility index (Phi) is 5.59. The Labute approximate surface area is 104 Å². The van der Waals surface area contributed by atoms with Crippen molar-refractivity contribution in [3.05, 3.63) is 23.5 Å². The van der Waals surface area contributed by atoms with Gasteiger partial charge >= 0.3 is 0 Å². The fourth-order valence-electron chi connectivity index (χ4n) is 1.07. The zero-order chi connectivity index (χ0) is 12.0. The molecular formula is C10H14ClN3OS. The number of aromatic nitrogens is 1. The smallest absolute Gasteiger partial charge is 0.241 e. The number of carbonyl (C=O) groups excluding carboxylic acids is 1. The molecule has 0 spiro atoms. The second-order valence-electron chi connectivity index (χ2n) is 3.23. The molecule has 0 fully saturated rings. The lowest BCUT2D eigenvalue weighted by molar-refractivity contribution is -0.117. The van der Waals surface area contributed by atoms with Crippen molar-refractivity contribution in [2.75, 3.05) is 17.3 Å². The summed E-state index contributed by atoms with van der Waals surface area (Å²) in [6.45, 7) is 0. The van der Waals surface area contributed by atoms with Crippen LogP contribution in [0.4, 0.5) is 5.69 Å². The molecule has 1 amide bonds. The third-order valence-electron chi connectivity index (χ3n) is 2.00. The van der Waals surface area contributed by atoms with E-state index >= 15 is 0 Å². The molecule has 1 rings (SSSR count). The van der Waals surface area contributed by atoms with Gasteiger partial charge in [0.1, 0.15) is 0 Å². The number of nitrogens with zero attached hydrogens (tertiary/aromatic N) is 1. The molecule has 1 heterocycles. The van der Waals surface area contributed by atoms with Crippen LogP contribution in [0, 0.1) is 0 Å². The lowest BCUT2D eigenvalue weighted by atomic mass is 10.2. The van der Waals surface area contributed by atoms with Crippen LogP contribution in [-0.4, -0.2) is 28.9 Å². The normalized spacial score (nSPS) is 12.2. The highest BCUT2D eigenvalue weighted by molar-refractivity contribution is 7.98. The Morgan fingerprint density at radius 3 is 3.12 bits per heavy atom. The molecule has 0 bridgehead atoms. The monoisotopic (exact) mass is 259 g/mol. The van der Waals surface area contributed by atoms with Crippen LogP contribution in [0.2, 0.25) is 5.02 Å². The lowest BCUT2D eigenvalue weighted by Crippen LogP contribution is -2.36. The number of hydrogen-bond donors (Lipinski definition) is 2. The number of amides is 1. The highest BCUT2D eigenvalue weighted by Crippen LogP contribution is 2.19. The summed E-state index contributed by atoms with van der Waals surface area (Å²) in [5.41, 5.74) is 6.21. The summed E-state index contributed by atoms with van der Waals surface area (Å²) in [7, 11) is 0. The van der Waals surface area contributed by atoms with Gasteiger partial charge in [-0.05, 0) is 24.5 Å². The summed E-state index contributed by atoms with van der Waals surface area (Å²) in [6, 6.07) is 1.11. The molecular weight excluding hydrogens is 246 g/mol. The third kappa shape index (κ3) is 4.00. The molecule has 6 heteroatoms. The molecule has 1 atom stereocenters. The van der Waals surface area contributed by atoms with E-state index in [4.69, 9.17) is 17.3 Å². The Morgan fingerprint density at radius 1 is 1.75 bits per heavy atom. The van der Waals surface area contributed by atoms with Crippen molar-refractivity contribution >= 4 is 35.0 Å². The first-order valence-corrected chi connectivity index (χ1v) is 6.57. The van der Waals surface area contributed by atoms with Crippen molar-refractivity contribution in [3.8, 4) is 0 Å². The molecule has 0 aromatic carbocycles. The second kappa shape index (κ2) is 6.73. The van der Waals surface area contributed by atoms with Crippen LogP contribution in [0.5, 0.6) is 0 Å². The Morgan fingerprint density at radius 2 is 2.50 bits per heavy atom. The van der Waals surface area contributed by atoms with Gasteiger partial charge in [-0.25, -0.2) is 0 Å². The summed E-state index contributed by atoms with van der Waals surface area (Å²) in [6.07, 6.45) is 5.68. The van der Waals surface area contributed by atoms with E-state index in [1.807, 2.05) is 6.26 Å². The number of nitrogens with one attached hydrogen (secondary N) is 1. The van der Waals surface area contributed by atoms with Crippen molar-refractivity contribution in [3.63, 3.8) is 0 Å². The van der Waals surface area contributed by atoms with E-state index in [9.17, 15) is 4.79 Å². The molecule has 0 radical (unpaired) electrons. The molecule has 4 nitrogen and oxygen atoms in total. The number of rotatable bonds is 5. The molecule has 0 saturated carbocycles. The van der Waals surface area contributed by atoms with Crippen molar-refractivity contribution in [1.82, 2.24) is 4.98 Å². The standard InChI is InChI=1S/C10H14ClN3OS/c1-16-5-3-8(12)10(15)14-9-6-13-4-2-7(9)11/h2,4,6,8H,3,5,12H2,1H3,(H,14,15)/t8-/m1/s1. The van der Waals surface area contributed by atoms with Crippen LogP contribution < -0.4 is 11.1 Å². The fourth-order valence-corrected chi connectivity index (χ4v) is 1.71. The molecule has 0 aliphatic heterocycles. The van der Waals surface area contributed by atoms with Gasteiger partial charge < -0.3 is 11.1 Å². The second-order valence-corrected chi connectivity index (χ2v) is 4.63. The van der Waals surface area contributed by atoms with Crippen LogP contribution in [0.25, 0.3) is 0 Å². The maximum atomic E-state index is 11.6. The molecule has 0 aliphatic rings. The Hall–Kier alpha value is -0.780. The Balaban J connectivity index is 2.54. The van der Waals surface area contributed by atoms with Gasteiger partial charge in [0.05, 0.1) is 22.9 Å². The highest BCUT2D eigenvalue weighted by atomic mass is 35.5. The summed E-state index contributed by atoms with van der Waals surface area (Å²) >= 11 is 7.54. The number of anilines is 1. The highest BCUT2D eigenvalue weighted by Gasteiger charge is 2.14. The number of carbonyl (C=O) groups is 1. The molecule has 3 N–H and O–H groups in total. The van der Waals surface area contributed by atoms with Gasteiger partial charge in [-0.15, -0.1) is 0 Å². The summed E-state index contributed by atoms with van der Waals surface area (Å²) in [5, 5.41) is 3.11. The van der Waals surface area contributed by atoms with Crippen LogP contribution in [-0.2, 0) is 4.79 Å². The average molecular weight is 260 g/mol. The largest absolute Gasteiger partial charge is 0.322 e. The molecule has 88 valence electrons. The number of halogens is 1. The number of thioether (sulfide) groups is 1. The van der Waals surface area contributed by atoms with Crippen LogP contribution in [0.1, 0.15) is 6.42 Å². The van der Waals surface area contributed by atoms with Crippen molar-refractivity contribution in [2.45, 2.75) is 12.5 Å². The van der Waals surface area contributed by atoms with E-state index in [-0.39, 0.29) is 5.91 Å². The predicted molar refractivity (Wildman–Crippen MR) is 68.9 cm³/mol. The van der Waals surface area contributed by atoms with Crippen LogP contribution in [0.3, 0.4) is 0 Å². The first-order chi connectivity index (χ1) is 7.65. The molecule has 1 aromatic rings. The summed E-state index contributed by atoms with van der Waals surface area (Å²) in [4.78, 5) is 15.5. The minimum absolute atomic E-state index is 0.232. The topological polar surface area (TPSA) is 68.0 Å². The SMILES string of the molecule is CSCC[C@@H](N)C(=O)Nc1cnccc1Cl. The van der Waals surface area contributed by atoms with Crippen LogP contribution in [0.15, 0.2) is 18.5 Å². The minimum Gasteiger partial charge on any atom is -0.322 e. The van der Waals surface area contributed by atoms with Gasteiger partial charge in [-0.1, -0.05) is 11.6 Å². The molecule has 16 heavy (non-hydrogen) atoms. The van der Waals surface area contributed by atoms with E-state index in [2.05, 4.69) is 10.3 Å². The molecule has 1 aromatic heterocycles. The fraction of sp³-hybridized carbons (Fsp3) is 0.400. The van der Waals surface area contributed by atoms with E-state index in [1.165, 1.54) is 6.20 Å². The number of nitrogens with two attached hydrogens (primary N) is 1. The van der Waals surface area contributed by atoms with E-state index < -0.39 is 6.04 Å². The van der Waals surface area contributed by atoms with Crippen molar-refractivity contribution in [2.24, 2.45) is 5.73 Å². The van der Waals surface area contributed by atoms with Gasteiger partial charge in [-0.3, -0.25) is 9.78 Å². The summed E-state index contributed by atoms with van der Waals surface area (Å²) in [5.74, 6) is 0.624. The quantitative estimate of drug-likeness (QED) is 0.846. The van der Waals surface area contributed by atoms with Crippen LogP contribution >= 0.6 is 23.4 Å². The van der Waals surface area contributed by atoms with E-state index in [0.29, 0.717) is 17.1 Å². The maximum absolute atomic E-state index is 11.6. The first kappa shape index (κ1) is 13.3. The molecule has 0 aliphatic carbocycles. The lowest BCUT2D eigenvalue weighted by Gasteiger charge is -2.11. The van der Waals surface area contributed by atoms with E-state index in [1.54, 1.807) is 24.0 Å². The minimum atomic E-state index is -0.510. The van der Waals surface area contributed by atoms with Gasteiger partial charge in [0.25, 0.3) is 0 Å². The Bertz CT molecular complexity index is 362. The molecule has 0 unspecified atom stereocenters. The van der Waals surface area contributed by atoms with Gasteiger partial charge in [0.2, 0.25) is 5.91 Å². The average Bonchev–Trinajstić information content (AvgIpc) is 2.28. The zero-order valence-electron chi connectivity index (χ0n) is 8.94. The zero-order valence-corrected chi connectivity index (χ0v) is 10.5. The number of pyridine rings is 1. The van der Waals surface area contributed by atoms with Gasteiger partial charge in [-0.2, -0.15) is 11.8 Å². The first-order valence-electron chi connectivity index (χ1n) is 4.80.